The molecule has 1 unspecified atom stereocenters. The highest BCUT2D eigenvalue weighted by Crippen LogP contribution is 2.18. The van der Waals surface area contributed by atoms with E-state index in [4.69, 9.17) is 0 Å². The monoisotopic (exact) mass is 285 g/mol. The van der Waals surface area contributed by atoms with Crippen LogP contribution in [0.3, 0.4) is 0 Å². The van der Waals surface area contributed by atoms with E-state index in [0.29, 0.717) is 5.92 Å². The third kappa shape index (κ3) is 4.10. The fourth-order valence-electron chi connectivity index (χ4n) is 1.92. The highest BCUT2D eigenvalue weighted by molar-refractivity contribution is 5.91. The molecule has 1 aromatic heterocycles. The minimum Gasteiger partial charge on any atom is -0.387 e. The normalized spacial score (nSPS) is 12.2. The molecule has 0 saturated heterocycles. The Morgan fingerprint density at radius 2 is 1.86 bits per heavy atom. The zero-order chi connectivity index (χ0) is 15.2. The molecular weight excluding hydrogens is 266 g/mol. The third-order valence-corrected chi connectivity index (χ3v) is 3.24. The Morgan fingerprint density at radius 3 is 2.43 bits per heavy atom. The highest BCUT2D eigenvalue weighted by atomic mass is 16.3. The van der Waals surface area contributed by atoms with E-state index >= 15 is 0 Å². The molecule has 2 aromatic rings. The molecule has 0 saturated carbocycles. The predicted molar refractivity (Wildman–Crippen MR) is 79.9 cm³/mol. The molecule has 1 heterocycles. The van der Waals surface area contributed by atoms with Crippen LogP contribution in [-0.4, -0.2) is 27.5 Å². The van der Waals surface area contributed by atoms with Gasteiger partial charge in [-0.1, -0.05) is 38.1 Å². The molecule has 21 heavy (non-hydrogen) atoms. The molecule has 110 valence electrons. The van der Waals surface area contributed by atoms with Crippen molar-refractivity contribution in [1.82, 2.24) is 15.3 Å². The standard InChI is InChI=1S/C16H19N3O2/c1-11(2)12-3-5-13(6-4-12)15(20)10-19-16(21)14-9-17-7-8-18-14/h3-9,11,15,20H,10H2,1-2H3,(H,19,21). The van der Waals surface area contributed by atoms with Crippen LogP contribution in [0.25, 0.3) is 0 Å². The van der Waals surface area contributed by atoms with Gasteiger partial charge in [0.1, 0.15) is 5.69 Å². The number of amides is 1. The number of benzene rings is 1. The number of nitrogens with zero attached hydrogens (tertiary/aromatic N) is 2. The summed E-state index contributed by atoms with van der Waals surface area (Å²) in [7, 11) is 0. The van der Waals surface area contributed by atoms with E-state index in [1.165, 1.54) is 24.2 Å². The second kappa shape index (κ2) is 6.95. The molecule has 0 aliphatic carbocycles. The first-order chi connectivity index (χ1) is 10.1. The summed E-state index contributed by atoms with van der Waals surface area (Å²) in [4.78, 5) is 19.5. The van der Waals surface area contributed by atoms with Gasteiger partial charge in [0, 0.05) is 18.9 Å². The van der Waals surface area contributed by atoms with Crippen molar-refractivity contribution in [2.75, 3.05) is 6.54 Å². The Labute approximate surface area is 124 Å². The highest BCUT2D eigenvalue weighted by Gasteiger charge is 2.12. The number of aromatic nitrogens is 2. The molecule has 0 aliphatic rings. The SMILES string of the molecule is CC(C)c1ccc(C(O)CNC(=O)c2cnccn2)cc1. The van der Waals surface area contributed by atoms with Crippen LogP contribution in [0.15, 0.2) is 42.9 Å². The van der Waals surface area contributed by atoms with Gasteiger partial charge < -0.3 is 10.4 Å². The van der Waals surface area contributed by atoms with Crippen molar-refractivity contribution in [3.63, 3.8) is 0 Å². The molecule has 5 heteroatoms. The molecule has 0 spiro atoms. The van der Waals surface area contributed by atoms with Gasteiger partial charge >= 0.3 is 0 Å². The van der Waals surface area contributed by atoms with E-state index in [0.717, 1.165) is 5.56 Å². The zero-order valence-corrected chi connectivity index (χ0v) is 12.2. The van der Waals surface area contributed by atoms with Crippen LogP contribution in [0.2, 0.25) is 0 Å². The van der Waals surface area contributed by atoms with Crippen molar-refractivity contribution in [3.8, 4) is 0 Å². The minimum absolute atomic E-state index is 0.135. The quantitative estimate of drug-likeness (QED) is 0.881. The number of hydrogen-bond acceptors (Lipinski definition) is 4. The Hall–Kier alpha value is -2.27. The lowest BCUT2D eigenvalue weighted by Gasteiger charge is -2.13. The molecule has 5 nitrogen and oxygen atoms in total. The zero-order valence-electron chi connectivity index (χ0n) is 12.2. The Balaban J connectivity index is 1.92. The molecule has 2 N–H and O–H groups in total. The van der Waals surface area contributed by atoms with Crippen molar-refractivity contribution in [1.29, 1.82) is 0 Å². The van der Waals surface area contributed by atoms with Gasteiger partial charge in [-0.05, 0) is 17.0 Å². The van der Waals surface area contributed by atoms with Crippen molar-refractivity contribution in [3.05, 3.63) is 59.7 Å². The summed E-state index contributed by atoms with van der Waals surface area (Å²) < 4.78 is 0. The summed E-state index contributed by atoms with van der Waals surface area (Å²) in [5.41, 5.74) is 2.23. The number of carbonyl (C=O) groups excluding carboxylic acids is 1. The number of aliphatic hydroxyl groups is 1. The largest absolute Gasteiger partial charge is 0.387 e. The average Bonchev–Trinajstić information content (AvgIpc) is 2.53. The fourth-order valence-corrected chi connectivity index (χ4v) is 1.92. The van der Waals surface area contributed by atoms with Gasteiger partial charge in [-0.3, -0.25) is 9.78 Å². The van der Waals surface area contributed by atoms with Gasteiger partial charge in [0.2, 0.25) is 0 Å². The summed E-state index contributed by atoms with van der Waals surface area (Å²) in [6.07, 6.45) is 3.60. The Kier molecular flexibility index (Phi) is 5.00. The van der Waals surface area contributed by atoms with Crippen LogP contribution in [0.5, 0.6) is 0 Å². The molecule has 0 bridgehead atoms. The number of hydrogen-bond donors (Lipinski definition) is 2. The second-order valence-corrected chi connectivity index (χ2v) is 5.14. The van der Waals surface area contributed by atoms with Gasteiger partial charge in [0.05, 0.1) is 12.3 Å². The van der Waals surface area contributed by atoms with Crippen molar-refractivity contribution in [2.24, 2.45) is 0 Å². The summed E-state index contributed by atoms with van der Waals surface area (Å²) in [6.45, 7) is 4.37. The summed E-state index contributed by atoms with van der Waals surface area (Å²) >= 11 is 0. The molecule has 2 rings (SSSR count). The van der Waals surface area contributed by atoms with Crippen molar-refractivity contribution in [2.45, 2.75) is 25.9 Å². The number of nitrogens with one attached hydrogen (secondary N) is 1. The first-order valence-corrected chi connectivity index (χ1v) is 6.90. The van der Waals surface area contributed by atoms with E-state index < -0.39 is 6.10 Å². The van der Waals surface area contributed by atoms with Crippen LogP contribution in [0.4, 0.5) is 0 Å². The van der Waals surface area contributed by atoms with Gasteiger partial charge in [-0.15, -0.1) is 0 Å². The predicted octanol–water partition coefficient (Wildman–Crippen LogP) is 2.06. The first kappa shape index (κ1) is 15.1. The molecule has 1 aromatic carbocycles. The third-order valence-electron chi connectivity index (χ3n) is 3.24. The smallest absolute Gasteiger partial charge is 0.271 e. The number of aliphatic hydroxyl groups excluding tert-OH is 1. The van der Waals surface area contributed by atoms with E-state index in [2.05, 4.69) is 29.1 Å². The molecule has 0 aliphatic heterocycles. The topological polar surface area (TPSA) is 75.1 Å². The maximum Gasteiger partial charge on any atom is 0.271 e. The second-order valence-electron chi connectivity index (χ2n) is 5.14. The maximum atomic E-state index is 11.8. The number of rotatable bonds is 5. The van der Waals surface area contributed by atoms with Crippen LogP contribution in [0, 0.1) is 0 Å². The van der Waals surface area contributed by atoms with E-state index in [-0.39, 0.29) is 18.1 Å². The van der Waals surface area contributed by atoms with Gasteiger partial charge in [0.15, 0.2) is 0 Å². The molecule has 1 amide bonds. The molecule has 0 fully saturated rings. The lowest BCUT2D eigenvalue weighted by atomic mass is 10.00. The molecular formula is C16H19N3O2. The van der Waals surface area contributed by atoms with Crippen LogP contribution in [0.1, 0.15) is 47.5 Å². The van der Waals surface area contributed by atoms with E-state index in [1.807, 2.05) is 24.3 Å². The van der Waals surface area contributed by atoms with Gasteiger partial charge in [-0.25, -0.2) is 4.98 Å². The fraction of sp³-hybridized carbons (Fsp3) is 0.312. The minimum atomic E-state index is -0.744. The molecule has 0 radical (unpaired) electrons. The maximum absolute atomic E-state index is 11.8. The van der Waals surface area contributed by atoms with Crippen LogP contribution in [-0.2, 0) is 0 Å². The number of carbonyl (C=O) groups is 1. The Bertz CT molecular complexity index is 582. The molecule has 1 atom stereocenters. The van der Waals surface area contributed by atoms with E-state index in [1.54, 1.807) is 0 Å². The van der Waals surface area contributed by atoms with Crippen LogP contribution < -0.4 is 5.32 Å². The van der Waals surface area contributed by atoms with Crippen molar-refractivity contribution >= 4 is 5.91 Å². The Morgan fingerprint density at radius 1 is 1.19 bits per heavy atom. The van der Waals surface area contributed by atoms with E-state index in [9.17, 15) is 9.90 Å². The van der Waals surface area contributed by atoms with Crippen molar-refractivity contribution < 1.29 is 9.90 Å². The van der Waals surface area contributed by atoms with Gasteiger partial charge in [0.25, 0.3) is 5.91 Å². The summed E-state index contributed by atoms with van der Waals surface area (Å²) in [5, 5.41) is 12.7. The lowest BCUT2D eigenvalue weighted by molar-refractivity contribution is 0.0911. The van der Waals surface area contributed by atoms with Crippen LogP contribution >= 0.6 is 0 Å². The summed E-state index contributed by atoms with van der Waals surface area (Å²) in [5.74, 6) is 0.105. The van der Waals surface area contributed by atoms with Gasteiger partial charge in [-0.2, -0.15) is 0 Å². The average molecular weight is 285 g/mol. The first-order valence-electron chi connectivity index (χ1n) is 6.90. The summed E-state index contributed by atoms with van der Waals surface area (Å²) in [6, 6.07) is 7.75. The lowest BCUT2D eigenvalue weighted by Crippen LogP contribution is -2.29.